The van der Waals surface area contributed by atoms with Gasteiger partial charge in [-0.1, -0.05) is 6.07 Å². The second-order valence-corrected chi connectivity index (χ2v) is 5.87. The summed E-state index contributed by atoms with van der Waals surface area (Å²) in [5, 5.41) is 8.86. The molecule has 0 saturated carbocycles. The Kier molecular flexibility index (Phi) is 3.88. The van der Waals surface area contributed by atoms with Crippen LogP contribution in [0, 0.1) is 17.1 Å². The van der Waals surface area contributed by atoms with Crippen molar-refractivity contribution in [2.45, 2.75) is 25.9 Å². The van der Waals surface area contributed by atoms with Crippen LogP contribution < -0.4 is 0 Å². The number of rotatable bonds is 2. The minimum Gasteiger partial charge on any atom is -0.299 e. The fourth-order valence-electron chi connectivity index (χ4n) is 2.49. The third kappa shape index (κ3) is 3.12. The van der Waals surface area contributed by atoms with Crippen molar-refractivity contribution < 1.29 is 4.39 Å². The smallest absolute Gasteiger partial charge is 0.140 e. The molecule has 0 atom stereocenters. The summed E-state index contributed by atoms with van der Waals surface area (Å²) in [6, 6.07) is 6.70. The second-order valence-electron chi connectivity index (χ2n) is 5.87. The maximum atomic E-state index is 13.3. The molecule has 3 nitrogen and oxygen atoms in total. The molecule has 0 amide bonds. The van der Waals surface area contributed by atoms with Crippen LogP contribution in [0.1, 0.15) is 25.0 Å². The monoisotopic (exact) mass is 261 g/mol. The van der Waals surface area contributed by atoms with Gasteiger partial charge in [-0.3, -0.25) is 9.80 Å². The molecule has 0 bridgehead atoms. The van der Waals surface area contributed by atoms with Crippen LogP contribution in [0.4, 0.5) is 4.39 Å². The molecule has 4 heteroatoms. The highest BCUT2D eigenvalue weighted by Crippen LogP contribution is 2.21. The molecular formula is C15H20FN3. The van der Waals surface area contributed by atoms with Crippen LogP contribution in [-0.4, -0.2) is 42.0 Å². The van der Waals surface area contributed by atoms with Gasteiger partial charge in [0.15, 0.2) is 0 Å². The number of nitrogens with zero attached hydrogens (tertiary/aromatic N) is 3. The van der Waals surface area contributed by atoms with Crippen molar-refractivity contribution in [1.82, 2.24) is 9.80 Å². The van der Waals surface area contributed by atoms with Gasteiger partial charge in [0.05, 0.1) is 5.56 Å². The summed E-state index contributed by atoms with van der Waals surface area (Å²) >= 11 is 0. The fourth-order valence-corrected chi connectivity index (χ4v) is 2.49. The zero-order chi connectivity index (χ0) is 14.0. The highest BCUT2D eigenvalue weighted by molar-refractivity contribution is 5.34. The van der Waals surface area contributed by atoms with E-state index in [4.69, 9.17) is 5.26 Å². The molecule has 1 aliphatic rings. The van der Waals surface area contributed by atoms with Crippen molar-refractivity contribution in [3.8, 4) is 6.07 Å². The van der Waals surface area contributed by atoms with E-state index in [1.165, 1.54) is 6.07 Å². The minimum atomic E-state index is -0.440. The predicted octanol–water partition coefficient (Wildman–Crippen LogP) is 2.22. The van der Waals surface area contributed by atoms with E-state index in [1.54, 1.807) is 12.1 Å². The molecule has 1 aromatic carbocycles. The van der Waals surface area contributed by atoms with Gasteiger partial charge >= 0.3 is 0 Å². The Hall–Kier alpha value is -1.44. The van der Waals surface area contributed by atoms with Gasteiger partial charge in [0.25, 0.3) is 0 Å². The van der Waals surface area contributed by atoms with E-state index in [1.807, 2.05) is 6.07 Å². The lowest BCUT2D eigenvalue weighted by Crippen LogP contribution is -2.57. The lowest BCUT2D eigenvalue weighted by Gasteiger charge is -2.45. The van der Waals surface area contributed by atoms with Crippen LogP contribution in [0.25, 0.3) is 0 Å². The molecule has 2 rings (SSSR count). The van der Waals surface area contributed by atoms with Crippen LogP contribution in [0.5, 0.6) is 0 Å². The van der Waals surface area contributed by atoms with Gasteiger partial charge in [0, 0.05) is 31.7 Å². The number of hydrogen-bond donors (Lipinski definition) is 0. The number of nitriles is 1. The molecule has 0 aromatic heterocycles. The first-order valence-corrected chi connectivity index (χ1v) is 6.54. The van der Waals surface area contributed by atoms with Crippen LogP contribution in [-0.2, 0) is 6.54 Å². The van der Waals surface area contributed by atoms with E-state index in [-0.39, 0.29) is 11.1 Å². The Morgan fingerprint density at radius 3 is 2.74 bits per heavy atom. The lowest BCUT2D eigenvalue weighted by atomic mass is 9.99. The third-order valence-electron chi connectivity index (χ3n) is 3.95. The summed E-state index contributed by atoms with van der Waals surface area (Å²) in [5.74, 6) is -0.440. The molecule has 19 heavy (non-hydrogen) atoms. The number of benzene rings is 1. The highest BCUT2D eigenvalue weighted by atomic mass is 19.1. The van der Waals surface area contributed by atoms with Crippen LogP contribution in [0.15, 0.2) is 18.2 Å². The summed E-state index contributed by atoms with van der Waals surface area (Å²) in [7, 11) is 2.14. The molecule has 1 aromatic rings. The first kappa shape index (κ1) is 14.0. The molecule has 0 radical (unpaired) electrons. The Morgan fingerprint density at radius 2 is 2.11 bits per heavy atom. The van der Waals surface area contributed by atoms with Gasteiger partial charge in [0.2, 0.25) is 0 Å². The van der Waals surface area contributed by atoms with Crippen molar-refractivity contribution in [3.05, 3.63) is 35.1 Å². The summed E-state index contributed by atoms with van der Waals surface area (Å²) in [4.78, 5) is 4.71. The normalized spacial score (nSPS) is 20.2. The molecular weight excluding hydrogens is 241 g/mol. The molecule has 0 unspecified atom stereocenters. The van der Waals surface area contributed by atoms with Gasteiger partial charge < -0.3 is 0 Å². The first-order chi connectivity index (χ1) is 8.92. The van der Waals surface area contributed by atoms with Crippen molar-refractivity contribution >= 4 is 0 Å². The maximum absolute atomic E-state index is 13.3. The summed E-state index contributed by atoms with van der Waals surface area (Å²) in [6.07, 6.45) is 0. The summed E-state index contributed by atoms with van der Waals surface area (Å²) in [5.41, 5.74) is 1.28. The Morgan fingerprint density at radius 1 is 1.37 bits per heavy atom. The largest absolute Gasteiger partial charge is 0.299 e. The molecule has 0 aliphatic carbocycles. The van der Waals surface area contributed by atoms with Crippen molar-refractivity contribution in [3.63, 3.8) is 0 Å². The van der Waals surface area contributed by atoms with E-state index in [9.17, 15) is 4.39 Å². The average Bonchev–Trinajstić information content (AvgIpc) is 2.36. The van der Waals surface area contributed by atoms with Crippen LogP contribution in [0.3, 0.4) is 0 Å². The lowest BCUT2D eigenvalue weighted by molar-refractivity contribution is 0.0360. The highest BCUT2D eigenvalue weighted by Gasteiger charge is 2.30. The van der Waals surface area contributed by atoms with Gasteiger partial charge in [-0.2, -0.15) is 5.26 Å². The SMILES string of the molecule is CN1CCN(Cc2ccc(F)c(C#N)c2)CC1(C)C. The Labute approximate surface area is 114 Å². The topological polar surface area (TPSA) is 30.3 Å². The number of halogens is 1. The quantitative estimate of drug-likeness (QED) is 0.818. The van der Waals surface area contributed by atoms with E-state index in [0.717, 1.165) is 31.7 Å². The summed E-state index contributed by atoms with van der Waals surface area (Å²) in [6.45, 7) is 8.22. The van der Waals surface area contributed by atoms with Crippen molar-refractivity contribution in [1.29, 1.82) is 5.26 Å². The number of piperazine rings is 1. The van der Waals surface area contributed by atoms with E-state index in [0.29, 0.717) is 0 Å². The van der Waals surface area contributed by atoms with E-state index in [2.05, 4.69) is 30.7 Å². The average molecular weight is 261 g/mol. The van der Waals surface area contributed by atoms with E-state index >= 15 is 0 Å². The number of hydrogen-bond acceptors (Lipinski definition) is 3. The van der Waals surface area contributed by atoms with Gasteiger partial charge in [0.1, 0.15) is 11.9 Å². The number of likely N-dealkylation sites (N-methyl/N-ethyl adjacent to an activating group) is 1. The Bertz CT molecular complexity index is 505. The molecule has 0 spiro atoms. The molecule has 102 valence electrons. The van der Waals surface area contributed by atoms with Gasteiger partial charge in [-0.05, 0) is 38.6 Å². The zero-order valence-corrected chi connectivity index (χ0v) is 11.8. The molecule has 1 saturated heterocycles. The standard InChI is InChI=1S/C15H20FN3/c1-15(2)11-19(7-6-18(15)3)10-12-4-5-14(16)13(8-12)9-17/h4-5,8H,6-7,10-11H2,1-3H3. The third-order valence-corrected chi connectivity index (χ3v) is 3.95. The van der Waals surface area contributed by atoms with Crippen LogP contribution in [0.2, 0.25) is 0 Å². The molecule has 1 heterocycles. The molecule has 0 N–H and O–H groups in total. The van der Waals surface area contributed by atoms with Crippen LogP contribution >= 0.6 is 0 Å². The van der Waals surface area contributed by atoms with Gasteiger partial charge in [-0.15, -0.1) is 0 Å². The van der Waals surface area contributed by atoms with Crippen molar-refractivity contribution in [2.24, 2.45) is 0 Å². The molecule has 1 fully saturated rings. The minimum absolute atomic E-state index is 0.130. The predicted molar refractivity (Wildman–Crippen MR) is 73.1 cm³/mol. The van der Waals surface area contributed by atoms with E-state index < -0.39 is 5.82 Å². The van der Waals surface area contributed by atoms with Gasteiger partial charge in [-0.25, -0.2) is 4.39 Å². The summed E-state index contributed by atoms with van der Waals surface area (Å²) < 4.78 is 13.3. The van der Waals surface area contributed by atoms with Crippen molar-refractivity contribution in [2.75, 3.05) is 26.7 Å². The fraction of sp³-hybridized carbons (Fsp3) is 0.533. The zero-order valence-electron chi connectivity index (χ0n) is 11.8. The second kappa shape index (κ2) is 5.28. The molecule has 1 aliphatic heterocycles. The maximum Gasteiger partial charge on any atom is 0.140 e. The first-order valence-electron chi connectivity index (χ1n) is 6.54. The Balaban J connectivity index is 2.08.